The van der Waals surface area contributed by atoms with Crippen molar-refractivity contribution in [1.82, 2.24) is 0 Å². The first kappa shape index (κ1) is 31.7. The maximum Gasteiger partial charge on any atom is 0.307 e. The first-order valence-corrected chi connectivity index (χ1v) is 14.8. The molecule has 0 heterocycles. The molecule has 35 heavy (non-hydrogen) atoms. The fourth-order valence-electron chi connectivity index (χ4n) is 5.71. The van der Waals surface area contributed by atoms with E-state index in [0.717, 1.165) is 32.1 Å². The van der Waals surface area contributed by atoms with Crippen LogP contribution in [-0.2, 0) is 14.3 Å². The van der Waals surface area contributed by atoms with Crippen LogP contribution in [-0.4, -0.2) is 23.1 Å². The Hall–Kier alpha value is -1.32. The number of rotatable bonds is 20. The van der Waals surface area contributed by atoms with Gasteiger partial charge in [-0.05, 0) is 49.9 Å². The first-order valence-electron chi connectivity index (χ1n) is 14.8. The second-order valence-corrected chi connectivity index (χ2v) is 12.0. The number of ether oxygens (including phenoxy) is 1. The number of hydrogen-bond donors (Lipinski definition) is 1. The van der Waals surface area contributed by atoms with Crippen LogP contribution in [0.1, 0.15) is 150 Å². The number of unbranched alkanes of at least 4 members (excludes halogenated alkanes) is 13. The predicted molar refractivity (Wildman–Crippen MR) is 146 cm³/mol. The van der Waals surface area contributed by atoms with Gasteiger partial charge in [-0.3, -0.25) is 9.59 Å². The lowest BCUT2D eigenvalue weighted by molar-refractivity contribution is -0.158. The summed E-state index contributed by atoms with van der Waals surface area (Å²) in [6, 6.07) is 0. The van der Waals surface area contributed by atoms with E-state index in [1.54, 1.807) is 0 Å². The lowest BCUT2D eigenvalue weighted by Gasteiger charge is -2.38. The van der Waals surface area contributed by atoms with E-state index in [0.29, 0.717) is 12.3 Å². The maximum absolute atomic E-state index is 12.4. The maximum atomic E-state index is 12.4. The molecule has 1 saturated carbocycles. The standard InChI is InChI=1S/C31H56O4/c1-5-6-7-8-9-10-11-12-13-14-15-16-17-18-19-20-21-27(30(33)34)23-29(32)35-28-22-26(2)24-31(3,4)25-28/h19-20,26-28H,5-18,21-25H2,1-4H3,(H,33,34)/b20-19+. The number of hydrogen-bond acceptors (Lipinski definition) is 3. The van der Waals surface area contributed by atoms with Crippen LogP contribution in [0.5, 0.6) is 0 Å². The van der Waals surface area contributed by atoms with Gasteiger partial charge in [-0.1, -0.05) is 117 Å². The van der Waals surface area contributed by atoms with E-state index in [1.165, 1.54) is 77.0 Å². The quantitative estimate of drug-likeness (QED) is 0.104. The van der Waals surface area contributed by atoms with Crippen molar-refractivity contribution >= 4 is 11.9 Å². The van der Waals surface area contributed by atoms with E-state index in [2.05, 4.69) is 33.8 Å². The van der Waals surface area contributed by atoms with Crippen molar-refractivity contribution in [1.29, 1.82) is 0 Å². The molecule has 3 atom stereocenters. The summed E-state index contributed by atoms with van der Waals surface area (Å²) in [5, 5.41) is 9.54. The fraction of sp³-hybridized carbons (Fsp3) is 0.871. The summed E-state index contributed by atoms with van der Waals surface area (Å²) in [7, 11) is 0. The third-order valence-corrected chi connectivity index (χ3v) is 7.47. The van der Waals surface area contributed by atoms with Gasteiger partial charge in [0, 0.05) is 0 Å². The van der Waals surface area contributed by atoms with Gasteiger partial charge in [-0.15, -0.1) is 0 Å². The normalized spacial score (nSPS) is 20.7. The molecule has 0 radical (unpaired) electrons. The number of esters is 1. The van der Waals surface area contributed by atoms with Crippen LogP contribution in [0.2, 0.25) is 0 Å². The van der Waals surface area contributed by atoms with Crippen LogP contribution in [0, 0.1) is 17.3 Å². The highest BCUT2D eigenvalue weighted by Crippen LogP contribution is 2.39. The van der Waals surface area contributed by atoms with Crippen LogP contribution in [0.15, 0.2) is 12.2 Å². The van der Waals surface area contributed by atoms with E-state index in [-0.39, 0.29) is 23.9 Å². The molecule has 3 unspecified atom stereocenters. The molecule has 0 aromatic rings. The minimum Gasteiger partial charge on any atom is -0.481 e. The second-order valence-electron chi connectivity index (χ2n) is 12.0. The lowest BCUT2D eigenvalue weighted by atomic mass is 9.71. The SMILES string of the molecule is CCCCCCCCCCCCCCC/C=C/CC(CC(=O)OC1CC(C)CC(C)(C)C1)C(=O)O. The fourth-order valence-corrected chi connectivity index (χ4v) is 5.71. The Kier molecular flexibility index (Phi) is 17.1. The molecular weight excluding hydrogens is 436 g/mol. The molecule has 0 spiro atoms. The molecule has 4 heteroatoms. The number of carbonyl (C=O) groups is 2. The molecule has 0 aliphatic heterocycles. The van der Waals surface area contributed by atoms with Gasteiger partial charge in [0.05, 0.1) is 12.3 Å². The Morgan fingerprint density at radius 3 is 1.94 bits per heavy atom. The molecule has 1 aliphatic rings. The van der Waals surface area contributed by atoms with E-state index in [1.807, 2.05) is 6.08 Å². The third kappa shape index (κ3) is 16.9. The molecule has 0 amide bonds. The predicted octanol–water partition coefficient (Wildman–Crippen LogP) is 9.26. The largest absolute Gasteiger partial charge is 0.481 e. The van der Waals surface area contributed by atoms with Gasteiger partial charge in [0.1, 0.15) is 6.10 Å². The molecule has 1 N–H and O–H groups in total. The van der Waals surface area contributed by atoms with Crippen LogP contribution in [0.4, 0.5) is 0 Å². The Morgan fingerprint density at radius 2 is 1.43 bits per heavy atom. The monoisotopic (exact) mass is 492 g/mol. The summed E-state index contributed by atoms with van der Waals surface area (Å²) in [6.45, 7) is 8.89. The number of carbonyl (C=O) groups excluding carboxylic acids is 1. The Balaban J connectivity index is 2.08. The van der Waals surface area contributed by atoms with Crippen LogP contribution < -0.4 is 0 Å². The molecular formula is C31H56O4. The van der Waals surface area contributed by atoms with Gasteiger partial charge >= 0.3 is 11.9 Å². The molecule has 0 saturated heterocycles. The van der Waals surface area contributed by atoms with Crippen molar-refractivity contribution in [2.75, 3.05) is 0 Å². The Labute approximate surface area is 216 Å². The number of carboxylic acids is 1. The second kappa shape index (κ2) is 18.9. The molecule has 1 rings (SSSR count). The Morgan fingerprint density at radius 1 is 0.886 bits per heavy atom. The highest BCUT2D eigenvalue weighted by atomic mass is 16.5. The van der Waals surface area contributed by atoms with E-state index >= 15 is 0 Å². The van der Waals surface area contributed by atoms with Gasteiger partial charge in [-0.2, -0.15) is 0 Å². The van der Waals surface area contributed by atoms with Crippen molar-refractivity contribution in [3.8, 4) is 0 Å². The average molecular weight is 493 g/mol. The van der Waals surface area contributed by atoms with Gasteiger partial charge < -0.3 is 9.84 Å². The van der Waals surface area contributed by atoms with E-state index in [4.69, 9.17) is 4.74 Å². The van der Waals surface area contributed by atoms with Gasteiger partial charge in [0.15, 0.2) is 0 Å². The highest BCUT2D eigenvalue weighted by molar-refractivity contribution is 5.79. The zero-order valence-corrected chi connectivity index (χ0v) is 23.5. The summed E-state index contributed by atoms with van der Waals surface area (Å²) < 4.78 is 5.68. The summed E-state index contributed by atoms with van der Waals surface area (Å²) in [4.78, 5) is 24.0. The molecule has 0 aromatic carbocycles. The van der Waals surface area contributed by atoms with Crippen molar-refractivity contribution in [2.45, 2.75) is 156 Å². The third-order valence-electron chi connectivity index (χ3n) is 7.47. The topological polar surface area (TPSA) is 63.6 Å². The summed E-state index contributed by atoms with van der Waals surface area (Å²) in [5.74, 6) is -1.44. The van der Waals surface area contributed by atoms with Crippen molar-refractivity contribution < 1.29 is 19.4 Å². The van der Waals surface area contributed by atoms with Crippen molar-refractivity contribution in [3.63, 3.8) is 0 Å². The van der Waals surface area contributed by atoms with Gasteiger partial charge in [-0.25, -0.2) is 0 Å². The van der Waals surface area contributed by atoms with E-state index < -0.39 is 11.9 Å². The first-order chi connectivity index (χ1) is 16.7. The average Bonchev–Trinajstić information content (AvgIpc) is 2.76. The molecule has 0 bridgehead atoms. The van der Waals surface area contributed by atoms with Crippen molar-refractivity contribution in [3.05, 3.63) is 12.2 Å². The van der Waals surface area contributed by atoms with Crippen LogP contribution in [0.3, 0.4) is 0 Å². The minimum absolute atomic E-state index is 0.0380. The molecule has 0 aromatic heterocycles. The highest BCUT2D eigenvalue weighted by Gasteiger charge is 2.34. The van der Waals surface area contributed by atoms with Crippen molar-refractivity contribution in [2.24, 2.45) is 17.3 Å². The van der Waals surface area contributed by atoms with Gasteiger partial charge in [0.2, 0.25) is 0 Å². The molecule has 1 aliphatic carbocycles. The van der Waals surface area contributed by atoms with Crippen LogP contribution in [0.25, 0.3) is 0 Å². The van der Waals surface area contributed by atoms with E-state index in [9.17, 15) is 14.7 Å². The lowest BCUT2D eigenvalue weighted by Crippen LogP contribution is -2.34. The molecule has 204 valence electrons. The summed E-state index contributed by atoms with van der Waals surface area (Å²) in [6.07, 6.45) is 25.7. The van der Waals surface area contributed by atoms with Crippen LogP contribution >= 0.6 is 0 Å². The zero-order chi connectivity index (χ0) is 25.9. The summed E-state index contributed by atoms with van der Waals surface area (Å²) in [5.41, 5.74) is 0.172. The number of aliphatic carboxylic acids is 1. The molecule has 1 fully saturated rings. The summed E-state index contributed by atoms with van der Waals surface area (Å²) >= 11 is 0. The minimum atomic E-state index is -0.912. The van der Waals surface area contributed by atoms with Gasteiger partial charge in [0.25, 0.3) is 0 Å². The smallest absolute Gasteiger partial charge is 0.307 e. The zero-order valence-electron chi connectivity index (χ0n) is 23.5. The molecule has 4 nitrogen and oxygen atoms in total. The number of allylic oxidation sites excluding steroid dienone is 2. The number of carboxylic acid groups (broad SMARTS) is 1. The Bertz CT molecular complexity index is 595.